The third-order valence-corrected chi connectivity index (χ3v) is 3.45. The highest BCUT2D eigenvalue weighted by atomic mass is 16.2. The lowest BCUT2D eigenvalue weighted by Gasteiger charge is -2.34. The number of anilines is 1. The first kappa shape index (κ1) is 13.6. The minimum absolute atomic E-state index is 0.0525. The summed E-state index contributed by atoms with van der Waals surface area (Å²) in [5, 5.41) is 0. The minimum Gasteiger partial charge on any atom is -0.293 e. The predicted molar refractivity (Wildman–Crippen MR) is 75.2 cm³/mol. The first-order valence-corrected chi connectivity index (χ1v) is 6.82. The van der Waals surface area contributed by atoms with E-state index in [1.165, 1.54) is 4.90 Å². The number of aryl methyl sites for hydroxylation is 1. The molecule has 4 nitrogen and oxygen atoms in total. The fourth-order valence-corrected chi connectivity index (χ4v) is 2.32. The summed E-state index contributed by atoms with van der Waals surface area (Å²) in [6.45, 7) is 5.04. The molecule has 0 N–H and O–H groups in total. The summed E-state index contributed by atoms with van der Waals surface area (Å²) in [6.07, 6.45) is 2.24. The normalized spacial score (nSPS) is 16.1. The number of para-hydroxylation sites is 1. The third kappa shape index (κ3) is 2.78. The molecule has 1 aromatic carbocycles. The first-order chi connectivity index (χ1) is 9.15. The molecule has 102 valence electrons. The van der Waals surface area contributed by atoms with Crippen molar-refractivity contribution < 1.29 is 9.59 Å². The fourth-order valence-electron chi connectivity index (χ4n) is 2.32. The van der Waals surface area contributed by atoms with E-state index in [1.807, 2.05) is 31.2 Å². The maximum absolute atomic E-state index is 12.4. The van der Waals surface area contributed by atoms with Gasteiger partial charge >= 0.3 is 6.03 Å². The van der Waals surface area contributed by atoms with Gasteiger partial charge in [-0.2, -0.15) is 0 Å². The molecule has 1 heterocycles. The van der Waals surface area contributed by atoms with Crippen LogP contribution in [0.4, 0.5) is 10.5 Å². The standard InChI is InChI=1S/C15H20N2O2/c1-3-4-10-17-14(18)9-11-16(15(17)19)13-8-6-5-7-12(13)2/h5-8H,3-4,9-11H2,1-2H3. The SMILES string of the molecule is CCCCN1C(=O)CCN(c2ccccc2C)C1=O. The molecule has 0 unspecified atom stereocenters. The van der Waals surface area contributed by atoms with Gasteiger partial charge in [0.1, 0.15) is 0 Å². The molecule has 3 amide bonds. The average Bonchev–Trinajstić information content (AvgIpc) is 2.40. The van der Waals surface area contributed by atoms with Crippen LogP contribution in [0.2, 0.25) is 0 Å². The van der Waals surface area contributed by atoms with Crippen molar-refractivity contribution in [2.75, 3.05) is 18.0 Å². The number of hydrogen-bond acceptors (Lipinski definition) is 2. The molecule has 0 saturated carbocycles. The van der Waals surface area contributed by atoms with Gasteiger partial charge in [-0.1, -0.05) is 31.5 Å². The topological polar surface area (TPSA) is 40.6 Å². The van der Waals surface area contributed by atoms with Crippen LogP contribution in [-0.4, -0.2) is 29.9 Å². The van der Waals surface area contributed by atoms with Crippen molar-refractivity contribution in [1.29, 1.82) is 0 Å². The molecule has 19 heavy (non-hydrogen) atoms. The lowest BCUT2D eigenvalue weighted by Crippen LogP contribution is -2.52. The van der Waals surface area contributed by atoms with Crippen molar-refractivity contribution in [3.8, 4) is 0 Å². The van der Waals surface area contributed by atoms with Gasteiger partial charge in [0.05, 0.1) is 0 Å². The monoisotopic (exact) mass is 260 g/mol. The van der Waals surface area contributed by atoms with Gasteiger partial charge in [0.2, 0.25) is 5.91 Å². The smallest absolute Gasteiger partial charge is 0.293 e. The quantitative estimate of drug-likeness (QED) is 0.835. The van der Waals surface area contributed by atoms with Gasteiger partial charge < -0.3 is 0 Å². The molecule has 0 aromatic heterocycles. The van der Waals surface area contributed by atoms with E-state index in [0.717, 1.165) is 24.1 Å². The number of amides is 3. The molecule has 1 saturated heterocycles. The van der Waals surface area contributed by atoms with Crippen LogP contribution >= 0.6 is 0 Å². The number of rotatable bonds is 4. The summed E-state index contributed by atoms with van der Waals surface area (Å²) < 4.78 is 0. The summed E-state index contributed by atoms with van der Waals surface area (Å²) in [5.74, 6) is -0.0525. The zero-order valence-corrected chi connectivity index (χ0v) is 11.6. The van der Waals surface area contributed by atoms with Crippen LogP contribution in [0.5, 0.6) is 0 Å². The van der Waals surface area contributed by atoms with E-state index in [0.29, 0.717) is 19.5 Å². The second-order valence-electron chi connectivity index (χ2n) is 4.87. The summed E-state index contributed by atoms with van der Waals surface area (Å²) in [7, 11) is 0. The molecule has 0 bridgehead atoms. The van der Waals surface area contributed by atoms with E-state index in [-0.39, 0.29) is 11.9 Å². The number of nitrogens with zero attached hydrogens (tertiary/aromatic N) is 2. The Morgan fingerprint density at radius 1 is 1.21 bits per heavy atom. The van der Waals surface area contributed by atoms with Crippen LogP contribution in [0.1, 0.15) is 31.7 Å². The Kier molecular flexibility index (Phi) is 4.20. The number of carbonyl (C=O) groups excluding carboxylic acids is 2. The van der Waals surface area contributed by atoms with E-state index in [4.69, 9.17) is 0 Å². The van der Waals surface area contributed by atoms with E-state index < -0.39 is 0 Å². The van der Waals surface area contributed by atoms with Gasteiger partial charge in [0, 0.05) is 25.2 Å². The lowest BCUT2D eigenvalue weighted by atomic mass is 10.1. The van der Waals surface area contributed by atoms with Crippen molar-refractivity contribution in [3.05, 3.63) is 29.8 Å². The number of carbonyl (C=O) groups is 2. The van der Waals surface area contributed by atoms with Gasteiger partial charge in [-0.25, -0.2) is 4.79 Å². The maximum atomic E-state index is 12.4. The van der Waals surface area contributed by atoms with Crippen molar-refractivity contribution in [2.45, 2.75) is 33.1 Å². The number of unbranched alkanes of at least 4 members (excludes halogenated alkanes) is 1. The molecular formula is C15H20N2O2. The maximum Gasteiger partial charge on any atom is 0.331 e. The summed E-state index contributed by atoms with van der Waals surface area (Å²) in [6, 6.07) is 7.60. The average molecular weight is 260 g/mol. The first-order valence-electron chi connectivity index (χ1n) is 6.82. The summed E-state index contributed by atoms with van der Waals surface area (Å²) >= 11 is 0. The molecule has 0 radical (unpaired) electrons. The molecule has 0 aliphatic carbocycles. The van der Waals surface area contributed by atoms with E-state index in [2.05, 4.69) is 6.92 Å². The zero-order chi connectivity index (χ0) is 13.8. The van der Waals surface area contributed by atoms with Gasteiger partial charge in [0.15, 0.2) is 0 Å². The minimum atomic E-state index is -0.181. The Balaban J connectivity index is 2.21. The Bertz CT molecular complexity index is 485. The Hall–Kier alpha value is -1.84. The van der Waals surface area contributed by atoms with Crippen LogP contribution in [0.3, 0.4) is 0 Å². The molecule has 0 atom stereocenters. The Morgan fingerprint density at radius 3 is 2.63 bits per heavy atom. The molecule has 1 fully saturated rings. The van der Waals surface area contributed by atoms with Crippen LogP contribution in [0.15, 0.2) is 24.3 Å². The van der Waals surface area contributed by atoms with Gasteiger partial charge in [-0.05, 0) is 25.0 Å². The van der Waals surface area contributed by atoms with Crippen molar-refractivity contribution in [3.63, 3.8) is 0 Å². The summed E-state index contributed by atoms with van der Waals surface area (Å²) in [5.41, 5.74) is 1.96. The highest BCUT2D eigenvalue weighted by molar-refractivity contribution is 6.05. The lowest BCUT2D eigenvalue weighted by molar-refractivity contribution is -0.128. The van der Waals surface area contributed by atoms with Crippen molar-refractivity contribution in [2.24, 2.45) is 0 Å². The molecule has 1 aromatic rings. The Labute approximate surface area is 114 Å². The van der Waals surface area contributed by atoms with Crippen LogP contribution in [0, 0.1) is 6.92 Å². The highest BCUT2D eigenvalue weighted by Crippen LogP contribution is 2.24. The van der Waals surface area contributed by atoms with E-state index in [9.17, 15) is 9.59 Å². The molecule has 0 spiro atoms. The number of hydrogen-bond donors (Lipinski definition) is 0. The second-order valence-corrected chi connectivity index (χ2v) is 4.87. The molecular weight excluding hydrogens is 240 g/mol. The number of imide groups is 1. The number of urea groups is 1. The Morgan fingerprint density at radius 2 is 1.95 bits per heavy atom. The molecule has 1 aliphatic rings. The van der Waals surface area contributed by atoms with Crippen LogP contribution in [-0.2, 0) is 4.79 Å². The van der Waals surface area contributed by atoms with E-state index >= 15 is 0 Å². The molecule has 4 heteroatoms. The fraction of sp³-hybridized carbons (Fsp3) is 0.467. The molecule has 1 aliphatic heterocycles. The zero-order valence-electron chi connectivity index (χ0n) is 11.6. The predicted octanol–water partition coefficient (Wildman–Crippen LogP) is 2.95. The highest BCUT2D eigenvalue weighted by Gasteiger charge is 2.32. The molecule has 2 rings (SSSR count). The second kappa shape index (κ2) is 5.87. The van der Waals surface area contributed by atoms with E-state index in [1.54, 1.807) is 4.90 Å². The van der Waals surface area contributed by atoms with Crippen molar-refractivity contribution in [1.82, 2.24) is 4.90 Å². The van der Waals surface area contributed by atoms with Gasteiger partial charge in [0.25, 0.3) is 0 Å². The van der Waals surface area contributed by atoms with Crippen LogP contribution < -0.4 is 4.90 Å². The number of benzene rings is 1. The van der Waals surface area contributed by atoms with Crippen molar-refractivity contribution >= 4 is 17.6 Å². The largest absolute Gasteiger partial charge is 0.331 e. The third-order valence-electron chi connectivity index (χ3n) is 3.45. The summed E-state index contributed by atoms with van der Waals surface area (Å²) in [4.78, 5) is 27.4. The van der Waals surface area contributed by atoms with Gasteiger partial charge in [-0.15, -0.1) is 0 Å². The van der Waals surface area contributed by atoms with Gasteiger partial charge in [-0.3, -0.25) is 14.6 Å². The van der Waals surface area contributed by atoms with Crippen LogP contribution in [0.25, 0.3) is 0 Å².